The van der Waals surface area contributed by atoms with Crippen molar-refractivity contribution in [1.29, 1.82) is 0 Å². The van der Waals surface area contributed by atoms with E-state index in [0.717, 1.165) is 17.2 Å². The molecule has 1 aromatic rings. The molecule has 0 amide bonds. The molecule has 0 aliphatic heterocycles. The highest BCUT2D eigenvalue weighted by atomic mass is 35.5. The van der Waals surface area contributed by atoms with Gasteiger partial charge in [-0.3, -0.25) is 0 Å². The Morgan fingerprint density at radius 2 is 2.00 bits per heavy atom. The zero-order valence-corrected chi connectivity index (χ0v) is 12.6. The highest BCUT2D eigenvalue weighted by Gasteiger charge is 2.21. The summed E-state index contributed by atoms with van der Waals surface area (Å²) in [5, 5.41) is 0.884. The van der Waals surface area contributed by atoms with E-state index < -0.39 is 0 Å². The fraction of sp³-hybridized carbons (Fsp3) is 0.588. The lowest BCUT2D eigenvalue weighted by atomic mass is 9.79. The number of hydrogen-bond donors (Lipinski definition) is 0. The smallest absolute Gasteiger partial charge is 0.120 e. The van der Waals surface area contributed by atoms with Gasteiger partial charge in [0.15, 0.2) is 0 Å². The summed E-state index contributed by atoms with van der Waals surface area (Å²) in [4.78, 5) is 10.6. The number of carbonyl (C=O) groups excluding carboxylic acids is 1. The maximum absolute atomic E-state index is 10.6. The van der Waals surface area contributed by atoms with Crippen molar-refractivity contribution in [1.82, 2.24) is 0 Å². The monoisotopic (exact) mass is 278 g/mol. The van der Waals surface area contributed by atoms with Crippen molar-refractivity contribution in [2.24, 2.45) is 5.92 Å². The highest BCUT2D eigenvalue weighted by Crippen LogP contribution is 2.39. The SMILES string of the molecule is CC1CCC(c2ccc(C(C)CC=O)cc2Cl)CC1. The molecule has 0 bridgehead atoms. The van der Waals surface area contributed by atoms with Crippen LogP contribution in [0, 0.1) is 5.92 Å². The van der Waals surface area contributed by atoms with Gasteiger partial charge < -0.3 is 4.79 Å². The minimum Gasteiger partial charge on any atom is -0.303 e. The molecule has 1 unspecified atom stereocenters. The molecule has 1 fully saturated rings. The van der Waals surface area contributed by atoms with Crippen LogP contribution in [-0.2, 0) is 4.79 Å². The normalized spacial score (nSPS) is 25.0. The highest BCUT2D eigenvalue weighted by molar-refractivity contribution is 6.31. The van der Waals surface area contributed by atoms with E-state index in [4.69, 9.17) is 11.6 Å². The zero-order valence-electron chi connectivity index (χ0n) is 11.9. The third-order valence-corrected chi connectivity index (χ3v) is 4.83. The standard InChI is InChI=1S/C17H23ClO/c1-12-3-5-14(6-4-12)16-8-7-15(11-17(16)18)13(2)9-10-19/h7-8,10-14H,3-6,9H2,1-2H3. The van der Waals surface area contributed by atoms with Crippen LogP contribution in [0.1, 0.15) is 68.9 Å². The molecule has 1 aliphatic rings. The summed E-state index contributed by atoms with van der Waals surface area (Å²) < 4.78 is 0. The lowest BCUT2D eigenvalue weighted by Crippen LogP contribution is -2.11. The van der Waals surface area contributed by atoms with Gasteiger partial charge in [-0.05, 0) is 47.8 Å². The summed E-state index contributed by atoms with van der Waals surface area (Å²) in [5.74, 6) is 1.75. The van der Waals surface area contributed by atoms with E-state index in [0.29, 0.717) is 12.3 Å². The third kappa shape index (κ3) is 3.60. The first-order valence-electron chi connectivity index (χ1n) is 7.34. The number of hydrogen-bond acceptors (Lipinski definition) is 1. The van der Waals surface area contributed by atoms with Crippen molar-refractivity contribution in [2.45, 2.75) is 57.8 Å². The van der Waals surface area contributed by atoms with Crippen molar-refractivity contribution in [3.8, 4) is 0 Å². The predicted molar refractivity (Wildman–Crippen MR) is 80.9 cm³/mol. The lowest BCUT2D eigenvalue weighted by molar-refractivity contribution is -0.108. The minimum absolute atomic E-state index is 0.260. The van der Waals surface area contributed by atoms with Gasteiger partial charge in [0.2, 0.25) is 0 Å². The summed E-state index contributed by atoms with van der Waals surface area (Å²) in [5.41, 5.74) is 2.47. The van der Waals surface area contributed by atoms with Gasteiger partial charge in [0.1, 0.15) is 6.29 Å². The van der Waals surface area contributed by atoms with Crippen LogP contribution in [0.5, 0.6) is 0 Å². The van der Waals surface area contributed by atoms with Crippen molar-refractivity contribution in [2.75, 3.05) is 0 Å². The first-order chi connectivity index (χ1) is 9.11. The number of benzene rings is 1. The number of carbonyl (C=O) groups is 1. The van der Waals surface area contributed by atoms with Gasteiger partial charge in [0, 0.05) is 11.4 Å². The molecule has 0 spiro atoms. The Morgan fingerprint density at radius 1 is 1.32 bits per heavy atom. The van der Waals surface area contributed by atoms with Crippen LogP contribution in [0.15, 0.2) is 18.2 Å². The van der Waals surface area contributed by atoms with Crippen LogP contribution in [0.3, 0.4) is 0 Å². The largest absolute Gasteiger partial charge is 0.303 e. The summed E-state index contributed by atoms with van der Waals surface area (Å²) in [6.07, 6.45) is 6.68. The Bertz CT molecular complexity index is 433. The molecule has 0 radical (unpaired) electrons. The fourth-order valence-corrected chi connectivity index (χ4v) is 3.38. The molecule has 1 saturated carbocycles. The van der Waals surface area contributed by atoms with Gasteiger partial charge in [0.25, 0.3) is 0 Å². The molecule has 2 rings (SSSR count). The molecule has 19 heavy (non-hydrogen) atoms. The van der Waals surface area contributed by atoms with Crippen molar-refractivity contribution < 1.29 is 4.79 Å². The van der Waals surface area contributed by atoms with Gasteiger partial charge in [-0.1, -0.05) is 50.4 Å². The van der Waals surface area contributed by atoms with E-state index in [1.807, 2.05) is 0 Å². The Kier molecular flexibility index (Phi) is 5.04. The Labute approximate surface area is 121 Å². The molecule has 1 nitrogen and oxygen atoms in total. The first-order valence-corrected chi connectivity index (χ1v) is 7.72. The van der Waals surface area contributed by atoms with Crippen LogP contribution >= 0.6 is 11.6 Å². The summed E-state index contributed by atoms with van der Waals surface area (Å²) >= 11 is 6.46. The van der Waals surface area contributed by atoms with Gasteiger partial charge in [0.05, 0.1) is 0 Å². The molecule has 0 N–H and O–H groups in total. The maximum Gasteiger partial charge on any atom is 0.120 e. The molecular formula is C17H23ClO. The van der Waals surface area contributed by atoms with Crippen LogP contribution in [0.25, 0.3) is 0 Å². The summed E-state index contributed by atoms with van der Waals surface area (Å²) in [6, 6.07) is 6.39. The Morgan fingerprint density at radius 3 is 2.58 bits per heavy atom. The summed E-state index contributed by atoms with van der Waals surface area (Å²) in [7, 11) is 0. The number of halogens is 1. The molecule has 0 aromatic heterocycles. The molecule has 2 heteroatoms. The second-order valence-electron chi connectivity index (χ2n) is 6.04. The topological polar surface area (TPSA) is 17.1 Å². The van der Waals surface area contributed by atoms with Crippen LogP contribution in [0.4, 0.5) is 0 Å². The lowest BCUT2D eigenvalue weighted by Gasteiger charge is -2.27. The molecule has 1 aliphatic carbocycles. The van der Waals surface area contributed by atoms with E-state index >= 15 is 0 Å². The maximum atomic E-state index is 10.6. The van der Waals surface area contributed by atoms with Gasteiger partial charge in [-0.15, -0.1) is 0 Å². The van der Waals surface area contributed by atoms with E-state index in [1.165, 1.54) is 36.8 Å². The first kappa shape index (κ1) is 14.6. The molecular weight excluding hydrogens is 256 g/mol. The number of aldehydes is 1. The molecule has 104 valence electrons. The van der Waals surface area contributed by atoms with E-state index in [2.05, 4.69) is 32.0 Å². The number of rotatable bonds is 4. The Balaban J connectivity index is 2.13. The van der Waals surface area contributed by atoms with Crippen LogP contribution < -0.4 is 0 Å². The zero-order chi connectivity index (χ0) is 13.8. The second kappa shape index (κ2) is 6.56. The van der Waals surface area contributed by atoms with E-state index in [9.17, 15) is 4.79 Å². The van der Waals surface area contributed by atoms with Crippen LogP contribution in [-0.4, -0.2) is 6.29 Å². The van der Waals surface area contributed by atoms with Crippen molar-refractivity contribution in [3.05, 3.63) is 34.3 Å². The fourth-order valence-electron chi connectivity index (χ4n) is 3.03. The third-order valence-electron chi connectivity index (χ3n) is 4.50. The molecule has 1 atom stereocenters. The average molecular weight is 279 g/mol. The molecule has 1 aromatic carbocycles. The quantitative estimate of drug-likeness (QED) is 0.681. The van der Waals surface area contributed by atoms with Crippen molar-refractivity contribution >= 4 is 17.9 Å². The average Bonchev–Trinajstić information content (AvgIpc) is 2.40. The van der Waals surface area contributed by atoms with Gasteiger partial charge >= 0.3 is 0 Å². The van der Waals surface area contributed by atoms with Crippen molar-refractivity contribution in [3.63, 3.8) is 0 Å². The Hall–Kier alpha value is -0.820. The molecule has 0 heterocycles. The minimum atomic E-state index is 0.260. The van der Waals surface area contributed by atoms with Gasteiger partial charge in [-0.25, -0.2) is 0 Å². The van der Waals surface area contributed by atoms with Gasteiger partial charge in [-0.2, -0.15) is 0 Å². The molecule has 0 saturated heterocycles. The van der Waals surface area contributed by atoms with Crippen LogP contribution in [0.2, 0.25) is 5.02 Å². The van der Waals surface area contributed by atoms with E-state index in [-0.39, 0.29) is 5.92 Å². The van der Waals surface area contributed by atoms with E-state index in [1.54, 1.807) is 0 Å². The second-order valence-corrected chi connectivity index (χ2v) is 6.45. The summed E-state index contributed by atoms with van der Waals surface area (Å²) in [6.45, 7) is 4.41. The predicted octanol–water partition coefficient (Wildman–Crippen LogP) is 5.33.